The van der Waals surface area contributed by atoms with Gasteiger partial charge in [-0.3, -0.25) is 14.8 Å². The first-order chi connectivity index (χ1) is 23.0. The average molecular weight is 644 g/mol. The third-order valence-corrected chi connectivity index (χ3v) is 9.14. The summed E-state index contributed by atoms with van der Waals surface area (Å²) in [6.45, 7) is 3.63. The Morgan fingerprint density at radius 3 is 2.17 bits per heavy atom. The summed E-state index contributed by atoms with van der Waals surface area (Å²) in [5, 5.41) is 21.1. The van der Waals surface area contributed by atoms with Gasteiger partial charge in [-0.1, -0.05) is 86.0 Å². The number of aliphatic hydroxyl groups is 1. The van der Waals surface area contributed by atoms with Crippen LogP contribution in [0.1, 0.15) is 98.9 Å². The molecule has 2 aliphatic rings. The van der Waals surface area contributed by atoms with E-state index in [4.69, 9.17) is 14.7 Å². The molecule has 0 aromatic heterocycles. The molecule has 2 heterocycles. The molecular formula is C38H49N3O6. The van der Waals surface area contributed by atoms with Gasteiger partial charge in [-0.05, 0) is 72.7 Å². The lowest BCUT2D eigenvalue weighted by Gasteiger charge is -2.39. The van der Waals surface area contributed by atoms with Crippen molar-refractivity contribution in [2.45, 2.75) is 95.9 Å². The molecule has 2 fully saturated rings. The molecule has 4 N–H and O–H groups in total. The van der Waals surface area contributed by atoms with Crippen molar-refractivity contribution in [3.63, 3.8) is 0 Å². The van der Waals surface area contributed by atoms with Crippen LogP contribution in [0.25, 0.3) is 11.1 Å². The number of unbranched alkanes of at least 4 members (excludes halogenated alkanes) is 3. The number of aliphatic hydroxyl groups excluding tert-OH is 1. The van der Waals surface area contributed by atoms with Crippen molar-refractivity contribution in [3.8, 4) is 11.1 Å². The minimum absolute atomic E-state index is 0.0153. The van der Waals surface area contributed by atoms with Gasteiger partial charge in [-0.25, -0.2) is 5.48 Å². The van der Waals surface area contributed by atoms with Crippen LogP contribution in [0.2, 0.25) is 0 Å². The quantitative estimate of drug-likeness (QED) is 0.0867. The number of amides is 2. The average Bonchev–Trinajstić information content (AvgIpc) is 3.12. The van der Waals surface area contributed by atoms with Crippen LogP contribution in [0.3, 0.4) is 0 Å². The van der Waals surface area contributed by atoms with E-state index in [-0.39, 0.29) is 30.6 Å². The SMILES string of the molecule is O=C(CCCCCCC(=O)NCc1cccc(-c2ccc(C3OC(CN4CCCCC4)CC(c4ccc(CO)cc4)O3)cc2)c1)NO. The van der Waals surface area contributed by atoms with Crippen LogP contribution in [-0.4, -0.2) is 52.8 Å². The van der Waals surface area contributed by atoms with Crippen molar-refractivity contribution in [3.05, 3.63) is 95.1 Å². The molecule has 9 nitrogen and oxygen atoms in total. The third kappa shape index (κ3) is 10.7. The number of carbonyl (C=O) groups is 2. The van der Waals surface area contributed by atoms with E-state index in [0.717, 1.165) is 78.7 Å². The van der Waals surface area contributed by atoms with Crippen LogP contribution >= 0.6 is 0 Å². The van der Waals surface area contributed by atoms with Crippen molar-refractivity contribution in [1.82, 2.24) is 15.7 Å². The molecule has 3 atom stereocenters. The Morgan fingerprint density at radius 1 is 0.766 bits per heavy atom. The van der Waals surface area contributed by atoms with Crippen molar-refractivity contribution < 1.29 is 29.4 Å². The van der Waals surface area contributed by atoms with Gasteiger partial charge in [0.1, 0.15) is 0 Å². The van der Waals surface area contributed by atoms with Crippen LogP contribution in [0.15, 0.2) is 72.8 Å². The highest BCUT2D eigenvalue weighted by atomic mass is 16.7. The van der Waals surface area contributed by atoms with Gasteiger partial charge < -0.3 is 24.8 Å². The zero-order valence-corrected chi connectivity index (χ0v) is 27.2. The molecule has 3 aromatic rings. The first-order valence-corrected chi connectivity index (χ1v) is 17.1. The molecule has 0 saturated carbocycles. The number of piperidine rings is 1. The fourth-order valence-corrected chi connectivity index (χ4v) is 6.43. The van der Waals surface area contributed by atoms with Crippen molar-refractivity contribution in [1.29, 1.82) is 0 Å². The number of ether oxygens (including phenoxy) is 2. The van der Waals surface area contributed by atoms with Crippen LogP contribution in [0.4, 0.5) is 0 Å². The zero-order chi connectivity index (χ0) is 32.8. The Balaban J connectivity index is 1.17. The van der Waals surface area contributed by atoms with Gasteiger partial charge in [0.05, 0.1) is 18.8 Å². The normalized spacial score (nSPS) is 20.1. The maximum Gasteiger partial charge on any atom is 0.243 e. The predicted molar refractivity (Wildman–Crippen MR) is 180 cm³/mol. The molecule has 0 bridgehead atoms. The fraction of sp³-hybridized carbons (Fsp3) is 0.474. The van der Waals surface area contributed by atoms with E-state index in [2.05, 4.69) is 58.7 Å². The Kier molecular flexibility index (Phi) is 13.4. The molecule has 2 saturated heterocycles. The number of hydrogen-bond donors (Lipinski definition) is 4. The van der Waals surface area contributed by atoms with Gasteiger partial charge >= 0.3 is 0 Å². The number of benzene rings is 3. The van der Waals surface area contributed by atoms with E-state index in [1.165, 1.54) is 19.3 Å². The Morgan fingerprint density at radius 2 is 1.47 bits per heavy atom. The second-order valence-corrected chi connectivity index (χ2v) is 12.8. The number of nitrogens with zero attached hydrogens (tertiary/aromatic N) is 1. The van der Waals surface area contributed by atoms with Gasteiger partial charge in [-0.15, -0.1) is 0 Å². The molecule has 252 valence electrons. The van der Waals surface area contributed by atoms with E-state index >= 15 is 0 Å². The van der Waals surface area contributed by atoms with E-state index in [1.807, 2.05) is 24.3 Å². The number of hydroxylamine groups is 1. The van der Waals surface area contributed by atoms with Gasteiger partial charge in [0.2, 0.25) is 11.8 Å². The molecule has 47 heavy (non-hydrogen) atoms. The molecule has 0 aliphatic carbocycles. The Bertz CT molecular complexity index is 1410. The Labute approximate surface area is 278 Å². The largest absolute Gasteiger partial charge is 0.392 e. The molecule has 9 heteroatoms. The van der Waals surface area contributed by atoms with Crippen LogP contribution in [0.5, 0.6) is 0 Å². The smallest absolute Gasteiger partial charge is 0.243 e. The number of rotatable bonds is 15. The minimum Gasteiger partial charge on any atom is -0.392 e. The van der Waals surface area contributed by atoms with Gasteiger partial charge in [0.25, 0.3) is 0 Å². The molecule has 3 unspecified atom stereocenters. The first kappa shape index (κ1) is 34.7. The second kappa shape index (κ2) is 18.1. The highest BCUT2D eigenvalue weighted by molar-refractivity contribution is 5.76. The summed E-state index contributed by atoms with van der Waals surface area (Å²) in [5.41, 5.74) is 7.79. The molecule has 2 aliphatic heterocycles. The van der Waals surface area contributed by atoms with Crippen molar-refractivity contribution in [2.75, 3.05) is 19.6 Å². The number of hydrogen-bond acceptors (Lipinski definition) is 7. The lowest BCUT2D eigenvalue weighted by molar-refractivity contribution is -0.253. The summed E-state index contributed by atoms with van der Waals surface area (Å²) in [6, 6.07) is 24.6. The third-order valence-electron chi connectivity index (χ3n) is 9.14. The molecule has 5 rings (SSSR count). The first-order valence-electron chi connectivity index (χ1n) is 17.1. The van der Waals surface area contributed by atoms with Crippen LogP contribution < -0.4 is 10.8 Å². The van der Waals surface area contributed by atoms with E-state index in [0.29, 0.717) is 25.8 Å². The monoisotopic (exact) mass is 643 g/mol. The van der Waals surface area contributed by atoms with E-state index in [1.54, 1.807) is 5.48 Å². The number of carbonyl (C=O) groups excluding carboxylic acids is 2. The van der Waals surface area contributed by atoms with Gasteiger partial charge in [0, 0.05) is 37.9 Å². The number of likely N-dealkylation sites (tertiary alicyclic amines) is 1. The summed E-state index contributed by atoms with van der Waals surface area (Å²) in [7, 11) is 0. The summed E-state index contributed by atoms with van der Waals surface area (Å²) in [5.74, 6) is -0.359. The second-order valence-electron chi connectivity index (χ2n) is 12.8. The zero-order valence-electron chi connectivity index (χ0n) is 27.2. The minimum atomic E-state index is -0.475. The standard InChI is InChI=1S/C38H49N3O6/c42-27-28-13-15-31(16-14-28)35-24-34(26-41-21-6-3-7-22-41)46-38(47-35)32-19-17-30(18-20-32)33-10-8-9-29(23-33)25-39-36(43)11-4-1-2-5-12-37(44)40-45/h8-10,13-20,23,34-35,38,42,45H,1-7,11-12,21-22,24-27H2,(H,39,43)(H,40,44). The molecule has 2 amide bonds. The summed E-state index contributed by atoms with van der Waals surface area (Å²) in [6.07, 6.45) is 7.98. The van der Waals surface area contributed by atoms with Crippen molar-refractivity contribution in [2.24, 2.45) is 0 Å². The van der Waals surface area contributed by atoms with Gasteiger partial charge in [0.15, 0.2) is 6.29 Å². The maximum atomic E-state index is 12.4. The van der Waals surface area contributed by atoms with E-state index in [9.17, 15) is 14.7 Å². The van der Waals surface area contributed by atoms with Gasteiger partial charge in [-0.2, -0.15) is 0 Å². The van der Waals surface area contributed by atoms with Crippen LogP contribution in [0, 0.1) is 0 Å². The molecule has 0 radical (unpaired) electrons. The summed E-state index contributed by atoms with van der Waals surface area (Å²) < 4.78 is 13.1. The summed E-state index contributed by atoms with van der Waals surface area (Å²) >= 11 is 0. The molecule has 0 spiro atoms. The molecule has 3 aromatic carbocycles. The predicted octanol–water partition coefficient (Wildman–Crippen LogP) is 6.34. The topological polar surface area (TPSA) is 120 Å². The van der Waals surface area contributed by atoms with Crippen LogP contribution in [-0.2, 0) is 32.2 Å². The highest BCUT2D eigenvalue weighted by Crippen LogP contribution is 2.39. The molecular weight excluding hydrogens is 594 g/mol. The number of nitrogens with one attached hydrogen (secondary N) is 2. The summed E-state index contributed by atoms with van der Waals surface area (Å²) in [4.78, 5) is 26.0. The van der Waals surface area contributed by atoms with E-state index < -0.39 is 6.29 Å². The lowest BCUT2D eigenvalue weighted by atomic mass is 9.98. The lowest BCUT2D eigenvalue weighted by Crippen LogP contribution is -2.41. The maximum absolute atomic E-state index is 12.4. The fourth-order valence-electron chi connectivity index (χ4n) is 6.43. The highest BCUT2D eigenvalue weighted by Gasteiger charge is 2.33. The Hall–Kier alpha value is -3.60. The van der Waals surface area contributed by atoms with Crippen molar-refractivity contribution >= 4 is 11.8 Å².